The van der Waals surface area contributed by atoms with E-state index in [-0.39, 0.29) is 17.9 Å². The number of nitrogens with one attached hydrogen (secondary N) is 2. The summed E-state index contributed by atoms with van der Waals surface area (Å²) in [5.74, 6) is -1.91. The van der Waals surface area contributed by atoms with E-state index < -0.39 is 33.4 Å². The quantitative estimate of drug-likeness (QED) is 0.590. The molecular formula is C20H21N3O5S. The number of nitriles is 1. The third-order valence-corrected chi connectivity index (χ3v) is 5.58. The highest BCUT2D eigenvalue weighted by molar-refractivity contribution is 7.90. The number of carbonyl (C=O) groups is 2. The fourth-order valence-electron chi connectivity index (χ4n) is 2.64. The maximum Gasteiger partial charge on any atom is 0.251 e. The Kier molecular flexibility index (Phi) is 7.74. The van der Waals surface area contributed by atoms with Crippen molar-refractivity contribution < 1.29 is 22.7 Å². The second-order valence-electron chi connectivity index (χ2n) is 6.13. The first-order valence-electron chi connectivity index (χ1n) is 8.69. The maximum atomic E-state index is 12.7. The summed E-state index contributed by atoms with van der Waals surface area (Å²) in [5.41, 5.74) is 0.730. The molecule has 2 aromatic carbocycles. The van der Waals surface area contributed by atoms with Crippen molar-refractivity contribution in [2.45, 2.75) is 11.8 Å². The van der Waals surface area contributed by atoms with E-state index in [4.69, 9.17) is 10.00 Å². The number of nitrogens with zero attached hydrogens (tertiary/aromatic N) is 1. The van der Waals surface area contributed by atoms with E-state index in [2.05, 4.69) is 10.6 Å². The summed E-state index contributed by atoms with van der Waals surface area (Å²) in [5, 5.41) is 13.4. The van der Waals surface area contributed by atoms with Crippen LogP contribution in [0.1, 0.15) is 15.9 Å². The molecule has 0 aliphatic rings. The van der Waals surface area contributed by atoms with Crippen LogP contribution in [0.2, 0.25) is 0 Å². The summed E-state index contributed by atoms with van der Waals surface area (Å²) in [6.07, 6.45) is 0. The number of sulfone groups is 1. The van der Waals surface area contributed by atoms with Gasteiger partial charge in [-0.15, -0.1) is 0 Å². The summed E-state index contributed by atoms with van der Waals surface area (Å²) >= 11 is 0. The molecule has 0 spiro atoms. The van der Waals surface area contributed by atoms with E-state index in [1.165, 1.54) is 7.11 Å². The van der Waals surface area contributed by atoms with Gasteiger partial charge < -0.3 is 15.4 Å². The average molecular weight is 415 g/mol. The van der Waals surface area contributed by atoms with Gasteiger partial charge in [-0.25, -0.2) is 8.42 Å². The first kappa shape index (κ1) is 21.9. The Labute approximate surface area is 169 Å². The Morgan fingerprint density at radius 1 is 1.10 bits per heavy atom. The van der Waals surface area contributed by atoms with Crippen molar-refractivity contribution in [2.75, 3.05) is 19.4 Å². The number of methoxy groups -OCH3 is 1. The topological polar surface area (TPSA) is 125 Å². The molecule has 0 saturated carbocycles. The highest BCUT2D eigenvalue weighted by atomic mass is 32.2. The Hall–Kier alpha value is -3.38. The summed E-state index contributed by atoms with van der Waals surface area (Å²) in [6, 6.07) is 15.2. The van der Waals surface area contributed by atoms with Gasteiger partial charge in [0.2, 0.25) is 5.91 Å². The van der Waals surface area contributed by atoms with Crippen molar-refractivity contribution in [2.24, 2.45) is 0 Å². The molecule has 29 heavy (non-hydrogen) atoms. The number of rotatable bonds is 9. The normalized spacial score (nSPS) is 11.7. The predicted molar refractivity (Wildman–Crippen MR) is 107 cm³/mol. The van der Waals surface area contributed by atoms with Gasteiger partial charge in [0, 0.05) is 11.1 Å². The number of para-hydroxylation sites is 1. The minimum atomic E-state index is -3.80. The average Bonchev–Trinajstić information content (AvgIpc) is 2.72. The van der Waals surface area contributed by atoms with Crippen LogP contribution in [0, 0.1) is 11.3 Å². The van der Waals surface area contributed by atoms with Gasteiger partial charge in [-0.3, -0.25) is 9.59 Å². The number of ether oxygens (including phenoxy) is 1. The van der Waals surface area contributed by atoms with Crippen LogP contribution in [0.15, 0.2) is 54.6 Å². The van der Waals surface area contributed by atoms with Crippen LogP contribution in [0.25, 0.3) is 0 Å². The van der Waals surface area contributed by atoms with Crippen LogP contribution in [-0.2, 0) is 20.4 Å². The van der Waals surface area contributed by atoms with Crippen LogP contribution >= 0.6 is 0 Å². The van der Waals surface area contributed by atoms with Crippen LogP contribution < -0.4 is 15.4 Å². The largest absolute Gasteiger partial charge is 0.496 e. The third kappa shape index (κ3) is 6.62. The zero-order valence-corrected chi connectivity index (χ0v) is 16.6. The monoisotopic (exact) mass is 415 g/mol. The number of benzene rings is 2. The zero-order valence-electron chi connectivity index (χ0n) is 15.8. The standard InChI is InChI=1S/C20H21N3O5S/c1-28-18-10-6-5-9-16(18)13-29(26,27)14-17(20(25)22-12-11-21)23-19(24)15-7-3-2-4-8-15/h2-10,17H,12-14H2,1H3,(H,22,25)(H,23,24)/t17-/m0/s1. The first-order chi connectivity index (χ1) is 13.9. The first-order valence-corrected chi connectivity index (χ1v) is 10.5. The molecule has 2 rings (SSSR count). The smallest absolute Gasteiger partial charge is 0.251 e. The second kappa shape index (κ2) is 10.2. The third-order valence-electron chi connectivity index (χ3n) is 3.99. The van der Waals surface area contributed by atoms with Crippen LogP contribution in [0.3, 0.4) is 0 Å². The molecule has 0 heterocycles. The Morgan fingerprint density at radius 3 is 2.41 bits per heavy atom. The van der Waals surface area contributed by atoms with Crippen molar-refractivity contribution in [3.05, 3.63) is 65.7 Å². The van der Waals surface area contributed by atoms with E-state index in [1.54, 1.807) is 60.7 Å². The van der Waals surface area contributed by atoms with E-state index >= 15 is 0 Å². The lowest BCUT2D eigenvalue weighted by Gasteiger charge is -2.18. The lowest BCUT2D eigenvalue weighted by molar-refractivity contribution is -0.122. The SMILES string of the molecule is COc1ccccc1CS(=O)(=O)C[C@H](NC(=O)c1ccccc1)C(=O)NCC#N. The summed E-state index contributed by atoms with van der Waals surface area (Å²) in [4.78, 5) is 24.8. The lowest BCUT2D eigenvalue weighted by Crippen LogP contribution is -2.50. The van der Waals surface area contributed by atoms with Crippen molar-refractivity contribution in [3.63, 3.8) is 0 Å². The van der Waals surface area contributed by atoms with E-state index in [9.17, 15) is 18.0 Å². The lowest BCUT2D eigenvalue weighted by atomic mass is 10.2. The molecule has 0 bridgehead atoms. The molecule has 0 aliphatic heterocycles. The van der Waals surface area contributed by atoms with Crippen molar-refractivity contribution in [3.8, 4) is 11.8 Å². The van der Waals surface area contributed by atoms with Gasteiger partial charge in [0.1, 0.15) is 18.3 Å². The molecule has 9 heteroatoms. The van der Waals surface area contributed by atoms with Gasteiger partial charge in [-0.1, -0.05) is 36.4 Å². The summed E-state index contributed by atoms with van der Waals surface area (Å²) < 4.78 is 30.6. The minimum Gasteiger partial charge on any atom is -0.496 e. The highest BCUT2D eigenvalue weighted by Crippen LogP contribution is 2.20. The van der Waals surface area contributed by atoms with Gasteiger partial charge in [0.25, 0.3) is 5.91 Å². The van der Waals surface area contributed by atoms with Crippen molar-refractivity contribution >= 4 is 21.7 Å². The molecule has 0 fully saturated rings. The molecule has 2 aromatic rings. The maximum absolute atomic E-state index is 12.7. The molecule has 0 radical (unpaired) electrons. The summed E-state index contributed by atoms with van der Waals surface area (Å²) in [7, 11) is -2.37. The molecule has 0 aromatic heterocycles. The van der Waals surface area contributed by atoms with E-state index in [0.717, 1.165) is 0 Å². The second-order valence-corrected chi connectivity index (χ2v) is 8.24. The van der Waals surface area contributed by atoms with Crippen LogP contribution in [0.4, 0.5) is 0 Å². The number of amides is 2. The fourth-order valence-corrected chi connectivity index (χ4v) is 4.21. The van der Waals surface area contributed by atoms with Gasteiger partial charge in [-0.05, 0) is 18.2 Å². The predicted octanol–water partition coefficient (Wildman–Crippen LogP) is 1.05. The zero-order chi connectivity index (χ0) is 21.3. The molecule has 0 saturated heterocycles. The van der Waals surface area contributed by atoms with Gasteiger partial charge in [0.05, 0.1) is 24.7 Å². The summed E-state index contributed by atoms with van der Waals surface area (Å²) in [6.45, 7) is -0.302. The molecule has 2 amide bonds. The molecule has 0 aliphatic carbocycles. The van der Waals surface area contributed by atoms with Crippen molar-refractivity contribution in [1.29, 1.82) is 5.26 Å². The molecule has 1 atom stereocenters. The molecule has 8 nitrogen and oxygen atoms in total. The van der Waals surface area contributed by atoms with Gasteiger partial charge in [0.15, 0.2) is 9.84 Å². The van der Waals surface area contributed by atoms with E-state index in [1.807, 2.05) is 0 Å². The molecule has 152 valence electrons. The molecule has 0 unspecified atom stereocenters. The minimum absolute atomic E-state index is 0.285. The fraction of sp³-hybridized carbons (Fsp3) is 0.250. The van der Waals surface area contributed by atoms with Crippen molar-refractivity contribution in [1.82, 2.24) is 10.6 Å². The Morgan fingerprint density at radius 2 is 1.76 bits per heavy atom. The Balaban J connectivity index is 2.20. The number of carbonyl (C=O) groups excluding carboxylic acids is 2. The highest BCUT2D eigenvalue weighted by Gasteiger charge is 2.28. The number of hydrogen-bond donors (Lipinski definition) is 2. The van der Waals surface area contributed by atoms with E-state index in [0.29, 0.717) is 11.3 Å². The molecule has 2 N–H and O–H groups in total. The Bertz CT molecular complexity index is 1000. The van der Waals surface area contributed by atoms with Gasteiger partial charge >= 0.3 is 0 Å². The molecular weight excluding hydrogens is 394 g/mol. The van der Waals surface area contributed by atoms with Gasteiger partial charge in [-0.2, -0.15) is 5.26 Å². The van der Waals surface area contributed by atoms with Crippen LogP contribution in [-0.4, -0.2) is 45.7 Å². The number of hydrogen-bond acceptors (Lipinski definition) is 6. The van der Waals surface area contributed by atoms with Crippen LogP contribution in [0.5, 0.6) is 5.75 Å².